The Morgan fingerprint density at radius 2 is 2.14 bits per heavy atom. The van der Waals surface area contributed by atoms with E-state index in [0.29, 0.717) is 11.4 Å². The lowest BCUT2D eigenvalue weighted by molar-refractivity contribution is 0.0697. The molecule has 0 radical (unpaired) electrons. The summed E-state index contributed by atoms with van der Waals surface area (Å²) in [5, 5.41) is 19.3. The van der Waals surface area contributed by atoms with Gasteiger partial charge in [0.25, 0.3) is 0 Å². The summed E-state index contributed by atoms with van der Waals surface area (Å²) in [6.07, 6.45) is 0.647. The summed E-state index contributed by atoms with van der Waals surface area (Å²) in [5.74, 6) is -0.998. The van der Waals surface area contributed by atoms with Crippen LogP contribution in [0.25, 0.3) is 0 Å². The van der Waals surface area contributed by atoms with Gasteiger partial charge >= 0.3 is 5.97 Å². The zero-order chi connectivity index (χ0) is 15.9. The molecule has 2 aromatic carbocycles. The maximum absolute atomic E-state index is 11.1. The third kappa shape index (κ3) is 2.41. The molecule has 110 valence electrons. The number of carbonyl (C=O) groups is 1. The summed E-state index contributed by atoms with van der Waals surface area (Å²) in [5.41, 5.74) is 1.22. The van der Waals surface area contributed by atoms with Crippen LogP contribution < -0.4 is 0 Å². The van der Waals surface area contributed by atoms with E-state index in [1.54, 1.807) is 24.3 Å². The number of carboxylic acid groups (broad SMARTS) is 1. The van der Waals surface area contributed by atoms with Crippen molar-refractivity contribution in [2.45, 2.75) is 17.8 Å². The molecule has 3 nitrogen and oxygen atoms in total. The highest BCUT2D eigenvalue weighted by atomic mass is 79.9. The lowest BCUT2D eigenvalue weighted by Gasteiger charge is -2.12. The van der Waals surface area contributed by atoms with Crippen LogP contribution in [0.1, 0.15) is 33.8 Å². The first-order valence-corrected chi connectivity index (χ1v) is 7.85. The first kappa shape index (κ1) is 15.1. The molecule has 0 spiro atoms. The Hall–Kier alpha value is -1.83. The van der Waals surface area contributed by atoms with Crippen molar-refractivity contribution in [3.63, 3.8) is 0 Å². The van der Waals surface area contributed by atoms with Gasteiger partial charge in [-0.25, -0.2) is 4.79 Å². The van der Waals surface area contributed by atoms with Crippen LogP contribution in [0.4, 0.5) is 0 Å². The fourth-order valence-electron chi connectivity index (χ4n) is 2.89. The standard InChI is InChI=1S/C17H11BrClNO2/c18-12-4-5-13(15(19)7-12)17(9-20)8-14(17)10-2-1-3-11(6-10)16(21)22/h1-7,14H,8H2,(H,21,22). The Bertz CT molecular complexity index is 815. The number of hydrogen-bond acceptors (Lipinski definition) is 2. The van der Waals surface area contributed by atoms with Gasteiger partial charge in [-0.05, 0) is 41.8 Å². The molecule has 5 heteroatoms. The molecule has 0 saturated heterocycles. The van der Waals surface area contributed by atoms with Crippen LogP contribution in [-0.4, -0.2) is 11.1 Å². The molecule has 0 amide bonds. The maximum atomic E-state index is 11.1. The third-order valence-electron chi connectivity index (χ3n) is 4.11. The SMILES string of the molecule is N#CC1(c2ccc(Br)cc2Cl)CC1c1cccc(C(=O)O)c1. The minimum atomic E-state index is -0.966. The van der Waals surface area contributed by atoms with Crippen LogP contribution in [0, 0.1) is 11.3 Å². The Morgan fingerprint density at radius 1 is 1.36 bits per heavy atom. The molecule has 2 aromatic rings. The normalized spacial score (nSPS) is 22.9. The van der Waals surface area contributed by atoms with Crippen molar-refractivity contribution in [1.29, 1.82) is 5.26 Å². The number of carboxylic acids is 1. The van der Waals surface area contributed by atoms with Crippen molar-refractivity contribution in [2.24, 2.45) is 0 Å². The molecule has 2 unspecified atom stereocenters. The van der Waals surface area contributed by atoms with Gasteiger partial charge in [-0.1, -0.05) is 45.7 Å². The smallest absolute Gasteiger partial charge is 0.335 e. The summed E-state index contributed by atoms with van der Waals surface area (Å²) >= 11 is 9.65. The second-order valence-corrected chi connectivity index (χ2v) is 6.72. The Balaban J connectivity index is 2.01. The summed E-state index contributed by atoms with van der Waals surface area (Å²) in [4.78, 5) is 11.1. The first-order chi connectivity index (χ1) is 10.5. The van der Waals surface area contributed by atoms with Crippen LogP contribution in [-0.2, 0) is 5.41 Å². The summed E-state index contributed by atoms with van der Waals surface area (Å²) in [6.45, 7) is 0. The minimum Gasteiger partial charge on any atom is -0.478 e. The molecule has 1 fully saturated rings. The monoisotopic (exact) mass is 375 g/mol. The highest BCUT2D eigenvalue weighted by Crippen LogP contribution is 2.61. The van der Waals surface area contributed by atoms with E-state index in [1.807, 2.05) is 18.2 Å². The van der Waals surface area contributed by atoms with E-state index in [0.717, 1.165) is 15.6 Å². The van der Waals surface area contributed by atoms with E-state index in [4.69, 9.17) is 16.7 Å². The predicted octanol–water partition coefficient (Wildman–Crippen LogP) is 4.75. The number of benzene rings is 2. The second kappa shape index (κ2) is 5.42. The van der Waals surface area contributed by atoms with E-state index >= 15 is 0 Å². The topological polar surface area (TPSA) is 61.1 Å². The average molecular weight is 377 g/mol. The van der Waals surface area contributed by atoms with Gasteiger partial charge in [0.15, 0.2) is 0 Å². The van der Waals surface area contributed by atoms with Gasteiger partial charge in [0, 0.05) is 15.4 Å². The summed E-state index contributed by atoms with van der Waals surface area (Å²) < 4.78 is 0.861. The van der Waals surface area contributed by atoms with Crippen molar-refractivity contribution in [3.05, 3.63) is 68.7 Å². The molecule has 0 aliphatic heterocycles. The Morgan fingerprint density at radius 3 is 2.77 bits per heavy atom. The van der Waals surface area contributed by atoms with E-state index in [1.165, 1.54) is 0 Å². The quantitative estimate of drug-likeness (QED) is 0.841. The highest BCUT2D eigenvalue weighted by molar-refractivity contribution is 9.10. The average Bonchev–Trinajstić information content (AvgIpc) is 3.23. The fraction of sp³-hybridized carbons (Fsp3) is 0.176. The molecule has 0 aromatic heterocycles. The predicted molar refractivity (Wildman–Crippen MR) is 87.2 cm³/mol. The molecule has 3 rings (SSSR count). The van der Waals surface area contributed by atoms with Crippen LogP contribution in [0.5, 0.6) is 0 Å². The van der Waals surface area contributed by atoms with Crippen molar-refractivity contribution in [3.8, 4) is 6.07 Å². The molecule has 1 aliphatic carbocycles. The lowest BCUT2D eigenvalue weighted by Crippen LogP contribution is -2.08. The van der Waals surface area contributed by atoms with Gasteiger partial charge < -0.3 is 5.11 Å². The third-order valence-corrected chi connectivity index (χ3v) is 4.91. The molecule has 1 N–H and O–H groups in total. The van der Waals surface area contributed by atoms with E-state index in [9.17, 15) is 10.1 Å². The second-order valence-electron chi connectivity index (χ2n) is 5.39. The molecule has 22 heavy (non-hydrogen) atoms. The molecular weight excluding hydrogens is 366 g/mol. The number of nitriles is 1. The van der Waals surface area contributed by atoms with Crippen molar-refractivity contribution >= 4 is 33.5 Å². The van der Waals surface area contributed by atoms with Gasteiger partial charge in [-0.15, -0.1) is 0 Å². The van der Waals surface area contributed by atoms with E-state index in [-0.39, 0.29) is 11.5 Å². The van der Waals surface area contributed by atoms with Crippen molar-refractivity contribution in [2.75, 3.05) is 0 Å². The van der Waals surface area contributed by atoms with Crippen LogP contribution in [0.15, 0.2) is 46.9 Å². The summed E-state index contributed by atoms with van der Waals surface area (Å²) in [6, 6.07) is 14.6. The largest absolute Gasteiger partial charge is 0.478 e. The molecule has 1 saturated carbocycles. The zero-order valence-corrected chi connectivity index (χ0v) is 13.7. The summed E-state index contributed by atoms with van der Waals surface area (Å²) in [7, 11) is 0. The van der Waals surface area contributed by atoms with Crippen LogP contribution in [0.2, 0.25) is 5.02 Å². The Kier molecular flexibility index (Phi) is 3.72. The molecule has 2 atom stereocenters. The molecule has 0 bridgehead atoms. The van der Waals surface area contributed by atoms with Crippen LogP contribution >= 0.6 is 27.5 Å². The number of halogens is 2. The number of nitrogens with zero attached hydrogens (tertiary/aromatic N) is 1. The minimum absolute atomic E-state index is 0.0320. The number of aromatic carboxylic acids is 1. The van der Waals surface area contributed by atoms with Gasteiger partial charge in [-0.2, -0.15) is 5.26 Å². The Labute approximate surface area is 141 Å². The highest BCUT2D eigenvalue weighted by Gasteiger charge is 2.57. The van der Waals surface area contributed by atoms with Crippen LogP contribution in [0.3, 0.4) is 0 Å². The van der Waals surface area contributed by atoms with Crippen molar-refractivity contribution in [1.82, 2.24) is 0 Å². The van der Waals surface area contributed by atoms with E-state index < -0.39 is 11.4 Å². The maximum Gasteiger partial charge on any atom is 0.335 e. The first-order valence-electron chi connectivity index (χ1n) is 6.68. The number of rotatable bonds is 3. The molecule has 0 heterocycles. The molecule has 1 aliphatic rings. The van der Waals surface area contributed by atoms with Gasteiger partial charge in [-0.3, -0.25) is 0 Å². The van der Waals surface area contributed by atoms with Gasteiger partial charge in [0.2, 0.25) is 0 Å². The lowest BCUT2D eigenvalue weighted by atomic mass is 9.91. The fourth-order valence-corrected chi connectivity index (χ4v) is 3.73. The van der Waals surface area contributed by atoms with Gasteiger partial charge in [0.1, 0.15) is 0 Å². The molecular formula is C17H11BrClNO2. The zero-order valence-electron chi connectivity index (χ0n) is 11.4. The van der Waals surface area contributed by atoms with Gasteiger partial charge in [0.05, 0.1) is 17.0 Å². The van der Waals surface area contributed by atoms with E-state index in [2.05, 4.69) is 22.0 Å². The van der Waals surface area contributed by atoms with Crippen molar-refractivity contribution < 1.29 is 9.90 Å². The number of hydrogen-bond donors (Lipinski definition) is 1.